The van der Waals surface area contributed by atoms with Crippen LogP contribution < -0.4 is 0 Å². The largest absolute Gasteiger partial charge is 0.395 e. The van der Waals surface area contributed by atoms with E-state index >= 15 is 0 Å². The van der Waals surface area contributed by atoms with Gasteiger partial charge in [-0.2, -0.15) is 0 Å². The van der Waals surface area contributed by atoms with Crippen molar-refractivity contribution in [3.8, 4) is 0 Å². The van der Waals surface area contributed by atoms with Gasteiger partial charge in [-0.1, -0.05) is 49.8 Å². The third-order valence-electron chi connectivity index (χ3n) is 4.14. The van der Waals surface area contributed by atoms with Gasteiger partial charge in [-0.05, 0) is 24.5 Å². The Balaban J connectivity index is 2.54. The molecule has 0 saturated carbocycles. The molecule has 0 spiro atoms. The summed E-state index contributed by atoms with van der Waals surface area (Å²) in [4.78, 5) is 0. The van der Waals surface area contributed by atoms with Crippen molar-refractivity contribution in [1.29, 1.82) is 0 Å². The number of aliphatic hydroxyl groups excluding tert-OH is 1. The molecule has 0 radical (unpaired) electrons. The molecule has 2 aliphatic rings. The zero-order chi connectivity index (χ0) is 11.8. The SMILES string of the molecule is CCC1=C(C)C(C)(CO)C2C=CC=CC2=C1. The zero-order valence-electron chi connectivity index (χ0n) is 10.3. The monoisotopic (exact) mass is 216 g/mol. The molecule has 0 fully saturated rings. The lowest BCUT2D eigenvalue weighted by Gasteiger charge is -2.41. The number of aliphatic hydroxyl groups is 1. The number of hydrogen-bond donors (Lipinski definition) is 1. The molecule has 86 valence electrons. The normalized spacial score (nSPS) is 32.8. The molecule has 0 aliphatic heterocycles. The standard InChI is InChI=1S/C15H20O/c1-4-12-9-13-7-5-6-8-14(13)15(3,10-16)11(12)2/h5-9,14,16H,4,10H2,1-3H3. The van der Waals surface area contributed by atoms with Gasteiger partial charge in [0.1, 0.15) is 0 Å². The van der Waals surface area contributed by atoms with E-state index in [0.29, 0.717) is 5.92 Å². The lowest BCUT2D eigenvalue weighted by atomic mass is 9.63. The van der Waals surface area contributed by atoms with Gasteiger partial charge < -0.3 is 5.11 Å². The Kier molecular flexibility index (Phi) is 2.90. The van der Waals surface area contributed by atoms with E-state index in [1.54, 1.807) is 0 Å². The van der Waals surface area contributed by atoms with E-state index in [-0.39, 0.29) is 12.0 Å². The fraction of sp³-hybridized carbons (Fsp3) is 0.467. The van der Waals surface area contributed by atoms with E-state index in [0.717, 1.165) is 6.42 Å². The van der Waals surface area contributed by atoms with Gasteiger partial charge in [-0.25, -0.2) is 0 Å². The summed E-state index contributed by atoms with van der Waals surface area (Å²) >= 11 is 0. The average molecular weight is 216 g/mol. The lowest BCUT2D eigenvalue weighted by Crippen LogP contribution is -2.35. The first kappa shape index (κ1) is 11.4. The van der Waals surface area contributed by atoms with Crippen LogP contribution in [0.3, 0.4) is 0 Å². The van der Waals surface area contributed by atoms with Gasteiger partial charge in [-0.15, -0.1) is 0 Å². The van der Waals surface area contributed by atoms with Gasteiger partial charge in [0, 0.05) is 11.3 Å². The Morgan fingerprint density at radius 1 is 1.38 bits per heavy atom. The van der Waals surface area contributed by atoms with Crippen LogP contribution in [0.1, 0.15) is 27.2 Å². The second-order valence-electron chi connectivity index (χ2n) is 4.95. The minimum absolute atomic E-state index is 0.128. The molecule has 2 atom stereocenters. The highest BCUT2D eigenvalue weighted by Gasteiger charge is 2.39. The molecule has 0 amide bonds. The van der Waals surface area contributed by atoms with Gasteiger partial charge in [0.05, 0.1) is 6.61 Å². The highest BCUT2D eigenvalue weighted by Crippen LogP contribution is 2.47. The predicted molar refractivity (Wildman–Crippen MR) is 68.0 cm³/mol. The van der Waals surface area contributed by atoms with Crippen LogP contribution >= 0.6 is 0 Å². The predicted octanol–water partition coefficient (Wildman–Crippen LogP) is 3.39. The van der Waals surface area contributed by atoms with Crippen LogP contribution in [0.15, 0.2) is 47.1 Å². The van der Waals surface area contributed by atoms with Gasteiger partial charge >= 0.3 is 0 Å². The molecule has 0 heterocycles. The van der Waals surface area contributed by atoms with Crippen LogP contribution in [0.5, 0.6) is 0 Å². The Morgan fingerprint density at radius 2 is 2.12 bits per heavy atom. The highest BCUT2D eigenvalue weighted by atomic mass is 16.3. The molecular formula is C15H20O. The molecule has 0 bridgehead atoms. The first-order valence-electron chi connectivity index (χ1n) is 6.01. The number of fused-ring (bicyclic) bond motifs is 1. The molecular weight excluding hydrogens is 196 g/mol. The molecule has 1 nitrogen and oxygen atoms in total. The number of rotatable bonds is 2. The maximum atomic E-state index is 9.75. The summed E-state index contributed by atoms with van der Waals surface area (Å²) in [6, 6.07) is 0. The lowest BCUT2D eigenvalue weighted by molar-refractivity contribution is 0.145. The summed E-state index contributed by atoms with van der Waals surface area (Å²) in [5.74, 6) is 0.331. The molecule has 1 N–H and O–H groups in total. The molecule has 2 unspecified atom stereocenters. The molecule has 1 heteroatoms. The van der Waals surface area contributed by atoms with Gasteiger partial charge in [0.25, 0.3) is 0 Å². The van der Waals surface area contributed by atoms with Crippen molar-refractivity contribution in [2.75, 3.05) is 6.61 Å². The van der Waals surface area contributed by atoms with Crippen molar-refractivity contribution in [2.45, 2.75) is 27.2 Å². The van der Waals surface area contributed by atoms with Crippen molar-refractivity contribution in [3.63, 3.8) is 0 Å². The van der Waals surface area contributed by atoms with Crippen molar-refractivity contribution in [1.82, 2.24) is 0 Å². The molecule has 0 aromatic carbocycles. The van der Waals surface area contributed by atoms with Crippen LogP contribution in [-0.4, -0.2) is 11.7 Å². The minimum Gasteiger partial charge on any atom is -0.395 e. The average Bonchev–Trinajstić information content (AvgIpc) is 2.33. The van der Waals surface area contributed by atoms with E-state index in [1.807, 2.05) is 0 Å². The maximum absolute atomic E-state index is 9.75. The van der Waals surface area contributed by atoms with E-state index in [1.165, 1.54) is 16.7 Å². The molecule has 2 aliphatic carbocycles. The van der Waals surface area contributed by atoms with Gasteiger partial charge in [-0.3, -0.25) is 0 Å². The molecule has 16 heavy (non-hydrogen) atoms. The quantitative estimate of drug-likeness (QED) is 0.750. The Labute approximate surface area is 97.9 Å². The fourth-order valence-electron chi connectivity index (χ4n) is 2.77. The number of hydrogen-bond acceptors (Lipinski definition) is 1. The van der Waals surface area contributed by atoms with E-state index in [2.05, 4.69) is 51.2 Å². The summed E-state index contributed by atoms with van der Waals surface area (Å²) in [5, 5.41) is 9.75. The van der Waals surface area contributed by atoms with Crippen LogP contribution in [0.2, 0.25) is 0 Å². The molecule has 2 rings (SSSR count). The Morgan fingerprint density at radius 3 is 2.75 bits per heavy atom. The maximum Gasteiger partial charge on any atom is 0.0531 e. The zero-order valence-corrected chi connectivity index (χ0v) is 10.3. The molecule has 0 aromatic heterocycles. The Bertz CT molecular complexity index is 409. The summed E-state index contributed by atoms with van der Waals surface area (Å²) in [7, 11) is 0. The second kappa shape index (κ2) is 4.06. The van der Waals surface area contributed by atoms with Crippen LogP contribution in [-0.2, 0) is 0 Å². The third kappa shape index (κ3) is 1.51. The molecule has 0 saturated heterocycles. The highest BCUT2D eigenvalue weighted by molar-refractivity contribution is 5.48. The fourth-order valence-corrected chi connectivity index (χ4v) is 2.77. The van der Waals surface area contributed by atoms with E-state index < -0.39 is 0 Å². The van der Waals surface area contributed by atoms with Crippen LogP contribution in [0, 0.1) is 11.3 Å². The van der Waals surface area contributed by atoms with Crippen LogP contribution in [0.25, 0.3) is 0 Å². The first-order valence-corrected chi connectivity index (χ1v) is 6.01. The topological polar surface area (TPSA) is 20.2 Å². The van der Waals surface area contributed by atoms with Crippen molar-refractivity contribution in [2.24, 2.45) is 11.3 Å². The third-order valence-corrected chi connectivity index (χ3v) is 4.14. The van der Waals surface area contributed by atoms with Crippen molar-refractivity contribution in [3.05, 3.63) is 47.1 Å². The summed E-state index contributed by atoms with van der Waals surface area (Å²) in [5.41, 5.74) is 3.92. The van der Waals surface area contributed by atoms with Crippen molar-refractivity contribution >= 4 is 0 Å². The summed E-state index contributed by atoms with van der Waals surface area (Å²) in [6.45, 7) is 6.71. The van der Waals surface area contributed by atoms with Crippen LogP contribution in [0.4, 0.5) is 0 Å². The van der Waals surface area contributed by atoms with E-state index in [9.17, 15) is 5.11 Å². The van der Waals surface area contributed by atoms with Gasteiger partial charge in [0.15, 0.2) is 0 Å². The summed E-state index contributed by atoms with van der Waals surface area (Å²) in [6.07, 6.45) is 11.9. The summed E-state index contributed by atoms with van der Waals surface area (Å²) < 4.78 is 0. The van der Waals surface area contributed by atoms with Gasteiger partial charge in [0.2, 0.25) is 0 Å². The molecule has 0 aromatic rings. The smallest absolute Gasteiger partial charge is 0.0531 e. The number of allylic oxidation sites excluding steroid dienone is 7. The van der Waals surface area contributed by atoms with E-state index in [4.69, 9.17) is 0 Å². The first-order chi connectivity index (χ1) is 7.63. The van der Waals surface area contributed by atoms with Crippen molar-refractivity contribution < 1.29 is 5.11 Å². The Hall–Kier alpha value is -1.08. The second-order valence-corrected chi connectivity index (χ2v) is 4.95. The minimum atomic E-state index is -0.128.